The molecule has 0 saturated carbocycles. The highest BCUT2D eigenvalue weighted by Gasteiger charge is 2.14. The maximum atomic E-state index is 6.40. The monoisotopic (exact) mass is 266 g/mol. The van der Waals surface area contributed by atoms with Crippen LogP contribution >= 0.6 is 0 Å². The molecule has 0 aliphatic carbocycles. The van der Waals surface area contributed by atoms with Gasteiger partial charge in [-0.25, -0.2) is 0 Å². The maximum Gasteiger partial charge on any atom is 0.0723 e. The number of nitrogens with zero attached hydrogens (tertiary/aromatic N) is 3. The summed E-state index contributed by atoms with van der Waals surface area (Å²) in [6.07, 6.45) is 4.66. The van der Waals surface area contributed by atoms with Crippen molar-refractivity contribution in [3.63, 3.8) is 0 Å². The predicted molar refractivity (Wildman–Crippen MR) is 80.3 cm³/mol. The second kappa shape index (κ2) is 5.43. The van der Waals surface area contributed by atoms with Crippen LogP contribution in [0, 0.1) is 0 Å². The van der Waals surface area contributed by atoms with E-state index in [0.29, 0.717) is 0 Å². The molecule has 0 radical (unpaired) electrons. The van der Waals surface area contributed by atoms with Crippen LogP contribution in [0.15, 0.2) is 48.8 Å². The van der Waals surface area contributed by atoms with Gasteiger partial charge in [0.05, 0.1) is 17.3 Å². The van der Waals surface area contributed by atoms with E-state index in [1.807, 2.05) is 35.1 Å². The number of hydrogen-bond donors (Lipinski definition) is 1. The van der Waals surface area contributed by atoms with Crippen molar-refractivity contribution in [1.29, 1.82) is 0 Å². The average Bonchev–Trinajstić information content (AvgIpc) is 2.94. The molecule has 102 valence electrons. The van der Waals surface area contributed by atoms with Crippen LogP contribution < -0.4 is 5.73 Å². The Morgan fingerprint density at radius 3 is 2.95 bits per heavy atom. The molecule has 1 unspecified atom stereocenters. The minimum absolute atomic E-state index is 0.159. The zero-order chi connectivity index (χ0) is 13.9. The van der Waals surface area contributed by atoms with E-state index in [4.69, 9.17) is 5.73 Å². The number of benzene rings is 1. The molecule has 2 aromatic heterocycles. The lowest BCUT2D eigenvalue weighted by Crippen LogP contribution is -2.17. The van der Waals surface area contributed by atoms with Crippen LogP contribution in [0.4, 0.5) is 0 Å². The van der Waals surface area contributed by atoms with Crippen molar-refractivity contribution in [2.75, 3.05) is 0 Å². The number of aromatic nitrogens is 3. The Hall–Kier alpha value is -2.20. The van der Waals surface area contributed by atoms with E-state index >= 15 is 0 Å². The highest BCUT2D eigenvalue weighted by atomic mass is 15.3. The lowest BCUT2D eigenvalue weighted by Gasteiger charge is -2.15. The third-order valence-electron chi connectivity index (χ3n) is 3.49. The number of rotatable bonds is 4. The second-order valence-electron chi connectivity index (χ2n) is 4.91. The van der Waals surface area contributed by atoms with Gasteiger partial charge in [-0.3, -0.25) is 9.67 Å². The van der Waals surface area contributed by atoms with Gasteiger partial charge in [0.1, 0.15) is 0 Å². The molecular weight excluding hydrogens is 248 g/mol. The fourth-order valence-electron chi connectivity index (χ4n) is 2.46. The molecule has 0 fully saturated rings. The van der Waals surface area contributed by atoms with Crippen LogP contribution in [0.25, 0.3) is 10.9 Å². The molecule has 1 aromatic carbocycles. The van der Waals surface area contributed by atoms with Gasteiger partial charge in [-0.15, -0.1) is 0 Å². The van der Waals surface area contributed by atoms with Crippen molar-refractivity contribution >= 4 is 10.9 Å². The topological polar surface area (TPSA) is 56.7 Å². The van der Waals surface area contributed by atoms with Crippen molar-refractivity contribution in [2.45, 2.75) is 25.9 Å². The van der Waals surface area contributed by atoms with Crippen LogP contribution in [0.1, 0.15) is 30.6 Å². The minimum atomic E-state index is -0.159. The Bertz CT molecular complexity index is 717. The minimum Gasteiger partial charge on any atom is -0.319 e. The lowest BCUT2D eigenvalue weighted by atomic mass is 10.0. The predicted octanol–water partition coefficient (Wildman–Crippen LogP) is 2.89. The van der Waals surface area contributed by atoms with E-state index < -0.39 is 0 Å². The summed E-state index contributed by atoms with van der Waals surface area (Å²) in [7, 11) is 0. The van der Waals surface area contributed by atoms with Gasteiger partial charge in [0, 0.05) is 24.3 Å². The molecule has 0 saturated heterocycles. The largest absolute Gasteiger partial charge is 0.319 e. The molecule has 0 aliphatic heterocycles. The van der Waals surface area contributed by atoms with Crippen molar-refractivity contribution in [2.24, 2.45) is 5.73 Å². The second-order valence-corrected chi connectivity index (χ2v) is 4.91. The Labute approximate surface area is 118 Å². The summed E-state index contributed by atoms with van der Waals surface area (Å²) in [5.41, 5.74) is 9.53. The Kier molecular flexibility index (Phi) is 3.48. The summed E-state index contributed by atoms with van der Waals surface area (Å²) < 4.78 is 1.98. The van der Waals surface area contributed by atoms with Crippen molar-refractivity contribution in [3.05, 3.63) is 60.0 Å². The standard InChI is InChI=1S/C16H18N4/c1-2-10-20-15(7-9-19-20)16(17)13-5-6-14-12(11-13)4-3-8-18-14/h3-9,11,16H,2,10,17H2,1H3. The highest BCUT2D eigenvalue weighted by molar-refractivity contribution is 5.79. The van der Waals surface area contributed by atoms with Crippen LogP contribution in [0.5, 0.6) is 0 Å². The van der Waals surface area contributed by atoms with Gasteiger partial charge in [0.25, 0.3) is 0 Å². The van der Waals surface area contributed by atoms with Crippen molar-refractivity contribution < 1.29 is 0 Å². The third kappa shape index (κ3) is 2.30. The Morgan fingerprint density at radius 1 is 1.20 bits per heavy atom. The zero-order valence-corrected chi connectivity index (χ0v) is 11.5. The van der Waals surface area contributed by atoms with Crippen molar-refractivity contribution in [1.82, 2.24) is 14.8 Å². The van der Waals surface area contributed by atoms with E-state index in [9.17, 15) is 0 Å². The molecule has 0 aliphatic rings. The SMILES string of the molecule is CCCn1nccc1C(N)c1ccc2ncccc2c1. The number of aryl methyl sites for hydroxylation is 1. The highest BCUT2D eigenvalue weighted by Crippen LogP contribution is 2.23. The Morgan fingerprint density at radius 2 is 2.10 bits per heavy atom. The van der Waals surface area contributed by atoms with Gasteiger partial charge in [0.15, 0.2) is 0 Å². The van der Waals surface area contributed by atoms with Crippen LogP contribution in [-0.4, -0.2) is 14.8 Å². The molecule has 0 spiro atoms. The van der Waals surface area contributed by atoms with E-state index in [2.05, 4.69) is 29.1 Å². The molecule has 4 heteroatoms. The summed E-state index contributed by atoms with van der Waals surface area (Å²) >= 11 is 0. The zero-order valence-electron chi connectivity index (χ0n) is 11.5. The molecule has 0 bridgehead atoms. The maximum absolute atomic E-state index is 6.40. The summed E-state index contributed by atoms with van der Waals surface area (Å²) in [6, 6.07) is 12.0. The first kappa shape index (κ1) is 12.8. The quantitative estimate of drug-likeness (QED) is 0.790. The van der Waals surface area contributed by atoms with Gasteiger partial charge in [-0.2, -0.15) is 5.10 Å². The molecule has 20 heavy (non-hydrogen) atoms. The van der Waals surface area contributed by atoms with E-state index in [0.717, 1.165) is 35.1 Å². The number of fused-ring (bicyclic) bond motifs is 1. The van der Waals surface area contributed by atoms with Crippen molar-refractivity contribution in [3.8, 4) is 0 Å². The van der Waals surface area contributed by atoms with Gasteiger partial charge in [-0.1, -0.05) is 19.1 Å². The smallest absolute Gasteiger partial charge is 0.0723 e. The van der Waals surface area contributed by atoms with Gasteiger partial charge in [0.2, 0.25) is 0 Å². The number of pyridine rings is 1. The lowest BCUT2D eigenvalue weighted by molar-refractivity contribution is 0.560. The third-order valence-corrected chi connectivity index (χ3v) is 3.49. The van der Waals surface area contributed by atoms with Crippen LogP contribution in [-0.2, 0) is 6.54 Å². The van der Waals surface area contributed by atoms with E-state index in [-0.39, 0.29) is 6.04 Å². The van der Waals surface area contributed by atoms with Gasteiger partial charge >= 0.3 is 0 Å². The van der Waals surface area contributed by atoms with Crippen LogP contribution in [0.3, 0.4) is 0 Å². The van der Waals surface area contributed by atoms with Gasteiger partial charge in [-0.05, 0) is 36.2 Å². The molecule has 2 N–H and O–H groups in total. The molecule has 3 rings (SSSR count). The van der Waals surface area contributed by atoms with Gasteiger partial charge < -0.3 is 5.73 Å². The fourth-order valence-corrected chi connectivity index (χ4v) is 2.46. The summed E-state index contributed by atoms with van der Waals surface area (Å²) in [5.74, 6) is 0. The first-order valence-corrected chi connectivity index (χ1v) is 6.91. The summed E-state index contributed by atoms with van der Waals surface area (Å²) in [4.78, 5) is 4.33. The normalized spacial score (nSPS) is 12.7. The fraction of sp³-hybridized carbons (Fsp3) is 0.250. The molecule has 2 heterocycles. The number of nitrogens with two attached hydrogens (primary N) is 1. The molecule has 4 nitrogen and oxygen atoms in total. The first-order valence-electron chi connectivity index (χ1n) is 6.91. The molecule has 3 aromatic rings. The first-order chi connectivity index (χ1) is 9.79. The van der Waals surface area contributed by atoms with Crippen LogP contribution in [0.2, 0.25) is 0 Å². The van der Waals surface area contributed by atoms with E-state index in [1.54, 1.807) is 6.20 Å². The van der Waals surface area contributed by atoms with E-state index in [1.165, 1.54) is 0 Å². The Balaban J connectivity index is 1.99. The summed E-state index contributed by atoms with van der Waals surface area (Å²) in [6.45, 7) is 3.03. The molecular formula is C16H18N4. The number of hydrogen-bond acceptors (Lipinski definition) is 3. The summed E-state index contributed by atoms with van der Waals surface area (Å²) in [5, 5.41) is 5.45. The molecule has 0 amide bonds. The average molecular weight is 266 g/mol. The molecule has 1 atom stereocenters.